The Hall–Kier alpha value is -7.98. The molecule has 0 aliphatic carbocycles. The summed E-state index contributed by atoms with van der Waals surface area (Å²) in [4.78, 5) is 2.19. The van der Waals surface area contributed by atoms with Crippen molar-refractivity contribution in [2.24, 2.45) is 0 Å². The normalized spacial score (nSPS) is 12.0. The van der Waals surface area contributed by atoms with E-state index in [0.717, 1.165) is 50.5 Å². The molecule has 3 heterocycles. The smallest absolute Gasteiger partial charge is 0.0620 e. The molecule has 0 saturated carbocycles. The van der Waals surface area contributed by atoms with Crippen molar-refractivity contribution in [3.8, 4) is 22.3 Å². The van der Waals surface area contributed by atoms with Gasteiger partial charge in [0.05, 0.1) is 16.6 Å². The second-order valence-corrected chi connectivity index (χ2v) is 17.0. The Kier molecular flexibility index (Phi) is 10.0. The highest BCUT2D eigenvalue weighted by Gasteiger charge is 2.19. The summed E-state index contributed by atoms with van der Waals surface area (Å²) in [6, 6.07) is 55.1. The highest BCUT2D eigenvalue weighted by molar-refractivity contribution is 7.25. The number of anilines is 2. The van der Waals surface area contributed by atoms with Gasteiger partial charge < -0.3 is 9.30 Å². The average molecular weight is 825 g/mol. The van der Waals surface area contributed by atoms with Crippen LogP contribution in [0.15, 0.2) is 262 Å². The van der Waals surface area contributed by atoms with E-state index in [2.05, 4.69) is 200 Å². The third kappa shape index (κ3) is 7.05. The highest BCUT2D eigenvalue weighted by Crippen LogP contribution is 2.43. The Morgan fingerprint density at radius 3 is 1.48 bits per heavy atom. The summed E-state index contributed by atoms with van der Waals surface area (Å²) in [6.07, 6.45) is 13.2. The van der Waals surface area contributed by atoms with E-state index in [9.17, 15) is 0 Å². The number of nitrogens with zero attached hydrogens (tertiary/aromatic N) is 2. The van der Waals surface area contributed by atoms with Crippen LogP contribution in [0.3, 0.4) is 0 Å². The molecule has 0 spiro atoms. The first-order valence-corrected chi connectivity index (χ1v) is 21.8. The van der Waals surface area contributed by atoms with E-state index in [-0.39, 0.29) is 0 Å². The highest BCUT2D eigenvalue weighted by atomic mass is 32.1. The van der Waals surface area contributed by atoms with Crippen LogP contribution in [-0.4, -0.2) is 4.40 Å². The summed E-state index contributed by atoms with van der Waals surface area (Å²) in [7, 11) is 0. The van der Waals surface area contributed by atoms with Crippen LogP contribution in [0, 0.1) is 0 Å². The van der Waals surface area contributed by atoms with Gasteiger partial charge >= 0.3 is 0 Å². The first-order chi connectivity index (χ1) is 30.8. The molecule has 63 heavy (non-hydrogen) atoms. The molecular weight excluding hydrogens is 781 g/mol. The Morgan fingerprint density at radius 1 is 0.429 bits per heavy atom. The van der Waals surface area contributed by atoms with Crippen LogP contribution in [-0.2, 0) is 0 Å². The summed E-state index contributed by atoms with van der Waals surface area (Å²) in [6.45, 7) is 25.1. The molecule has 0 radical (unpaired) electrons. The summed E-state index contributed by atoms with van der Waals surface area (Å²) in [5.41, 5.74) is 14.3. The molecule has 0 fully saturated rings. The molecule has 2 nitrogen and oxygen atoms in total. The van der Waals surface area contributed by atoms with E-state index in [1.165, 1.54) is 69.4 Å². The van der Waals surface area contributed by atoms with Crippen LogP contribution in [0.25, 0.3) is 80.5 Å². The van der Waals surface area contributed by atoms with Gasteiger partial charge in [0.2, 0.25) is 0 Å². The molecule has 0 atom stereocenters. The Balaban J connectivity index is 0.996. The van der Waals surface area contributed by atoms with Crippen LogP contribution in [0.4, 0.5) is 11.4 Å². The monoisotopic (exact) mass is 824 g/mol. The molecular formula is C60H44N2S. The van der Waals surface area contributed by atoms with E-state index in [1.807, 2.05) is 47.8 Å². The molecule has 300 valence electrons. The van der Waals surface area contributed by atoms with Gasteiger partial charge in [-0.15, -0.1) is 11.3 Å². The van der Waals surface area contributed by atoms with Gasteiger partial charge in [-0.3, -0.25) is 0 Å². The van der Waals surface area contributed by atoms with E-state index >= 15 is 0 Å². The number of aromatic nitrogens is 1. The van der Waals surface area contributed by atoms with Crippen LogP contribution in [0.2, 0.25) is 0 Å². The van der Waals surface area contributed by atoms with Crippen LogP contribution in [0.5, 0.6) is 0 Å². The van der Waals surface area contributed by atoms with Crippen LogP contribution in [0.1, 0.15) is 0 Å². The Morgan fingerprint density at radius 2 is 0.889 bits per heavy atom. The van der Waals surface area contributed by atoms with Gasteiger partial charge in [0.1, 0.15) is 0 Å². The molecule has 10 rings (SSSR count). The second-order valence-electron chi connectivity index (χ2n) is 15.9. The van der Waals surface area contributed by atoms with Gasteiger partial charge in [-0.2, -0.15) is 0 Å². The molecule has 0 amide bonds. The maximum Gasteiger partial charge on any atom is 0.0620 e. The minimum absolute atomic E-state index is 0.765. The summed E-state index contributed by atoms with van der Waals surface area (Å²) in [5.74, 6) is 0. The lowest BCUT2D eigenvalue weighted by molar-refractivity contribution is 1.22. The minimum atomic E-state index is 0.765. The molecule has 10 aromatic rings. The van der Waals surface area contributed by atoms with Crippen molar-refractivity contribution in [1.29, 1.82) is 0 Å². The summed E-state index contributed by atoms with van der Waals surface area (Å²) >= 11 is 1.84. The van der Waals surface area contributed by atoms with Gasteiger partial charge in [0.25, 0.3) is 0 Å². The quantitative estimate of drug-likeness (QED) is 0.105. The van der Waals surface area contributed by atoms with E-state index in [1.54, 1.807) is 6.08 Å². The van der Waals surface area contributed by atoms with Crippen molar-refractivity contribution in [3.05, 3.63) is 262 Å². The van der Waals surface area contributed by atoms with Crippen LogP contribution < -0.4 is 4.90 Å². The zero-order chi connectivity index (χ0) is 43.2. The molecule has 0 saturated heterocycles. The van der Waals surface area contributed by atoms with Gasteiger partial charge in [0.15, 0.2) is 0 Å². The zero-order valence-corrected chi connectivity index (χ0v) is 35.8. The van der Waals surface area contributed by atoms with Crippen molar-refractivity contribution in [2.75, 3.05) is 4.90 Å². The molecule has 7 aromatic carbocycles. The number of fused-ring (bicyclic) bond motifs is 9. The largest absolute Gasteiger partial charge is 0.311 e. The fraction of sp³-hybridized carbons (Fsp3) is 0. The van der Waals surface area contributed by atoms with E-state index in [4.69, 9.17) is 0 Å². The molecule has 3 aromatic heterocycles. The van der Waals surface area contributed by atoms with Crippen molar-refractivity contribution < 1.29 is 0 Å². The standard InChI is InChI=1S/C60H44N2S/c1-7-8-15-39(2)40(3)22-23-41(4)42(5)24-25-43(6)61(48-31-26-44(27-32-48)46-30-35-59-53(36-46)52-18-11-14-21-58(52)63-59)49-33-28-45(29-34-49)47-37-54-50-16-9-12-19-56(50)62-57-20-13-10-17-51(57)55(38-47)60(54)62/h7-38H,1-6H2/b15-8-,23-22-,25-24-. The SMILES string of the molecule is C=C/C=C\C(=C)C(=C)/C=C\C(=C)C(=C)/C=C\C(=C)N(c1ccc(-c2ccc3sc4ccccc4c3c2)cc1)c1ccc(-c2cc3c4ccccc4n4c5ccccc5c(c2)c34)cc1. The second kappa shape index (κ2) is 16.1. The van der Waals surface area contributed by atoms with Crippen molar-refractivity contribution >= 4 is 81.0 Å². The maximum atomic E-state index is 4.60. The number of para-hydroxylation sites is 2. The van der Waals surface area contributed by atoms with Crippen molar-refractivity contribution in [2.45, 2.75) is 0 Å². The number of thiophene rings is 1. The lowest BCUT2D eigenvalue weighted by Gasteiger charge is -2.26. The van der Waals surface area contributed by atoms with Gasteiger partial charge in [0, 0.05) is 58.8 Å². The van der Waals surface area contributed by atoms with Crippen LogP contribution >= 0.6 is 11.3 Å². The molecule has 0 unspecified atom stereocenters. The number of hydrogen-bond donors (Lipinski definition) is 0. The Bertz CT molecular complexity index is 3510. The third-order valence-electron chi connectivity index (χ3n) is 12.0. The number of benzene rings is 7. The van der Waals surface area contributed by atoms with Gasteiger partial charge in [-0.1, -0.05) is 161 Å². The molecule has 0 bridgehead atoms. The average Bonchev–Trinajstić information content (AvgIpc) is 3.98. The predicted octanol–water partition coefficient (Wildman–Crippen LogP) is 17.3. The predicted molar refractivity (Wildman–Crippen MR) is 277 cm³/mol. The van der Waals surface area contributed by atoms with Gasteiger partial charge in [-0.25, -0.2) is 0 Å². The van der Waals surface area contributed by atoms with Gasteiger partial charge in [-0.05, 0) is 117 Å². The zero-order valence-electron chi connectivity index (χ0n) is 35.0. The molecule has 0 aliphatic rings. The fourth-order valence-corrected chi connectivity index (χ4v) is 9.78. The summed E-state index contributed by atoms with van der Waals surface area (Å²) in [5, 5.41) is 7.64. The van der Waals surface area contributed by atoms with E-state index in [0.29, 0.717) is 0 Å². The minimum Gasteiger partial charge on any atom is -0.311 e. The Labute approximate surface area is 372 Å². The number of allylic oxidation sites excluding steroid dienone is 11. The first-order valence-electron chi connectivity index (χ1n) is 21.0. The summed E-state index contributed by atoms with van der Waals surface area (Å²) < 4.78 is 5.02. The molecule has 3 heteroatoms. The van der Waals surface area contributed by atoms with E-state index < -0.39 is 0 Å². The molecule has 0 N–H and O–H groups in total. The lowest BCUT2D eigenvalue weighted by atomic mass is 9.99. The first kappa shape index (κ1) is 39.2. The molecule has 0 aliphatic heterocycles. The number of hydrogen-bond acceptors (Lipinski definition) is 2. The lowest BCUT2D eigenvalue weighted by Crippen LogP contribution is -2.14. The maximum absolute atomic E-state index is 4.60. The van der Waals surface area contributed by atoms with Crippen molar-refractivity contribution in [3.63, 3.8) is 0 Å². The van der Waals surface area contributed by atoms with Crippen molar-refractivity contribution in [1.82, 2.24) is 4.40 Å². The topological polar surface area (TPSA) is 7.65 Å². The third-order valence-corrected chi connectivity index (χ3v) is 13.2. The fourth-order valence-electron chi connectivity index (χ4n) is 8.69. The number of rotatable bonds is 13.